The van der Waals surface area contributed by atoms with E-state index in [0.717, 1.165) is 82.6 Å². The summed E-state index contributed by atoms with van der Waals surface area (Å²) in [6, 6.07) is 5.97. The largest absolute Gasteiger partial charge is 0.508 e. The van der Waals surface area contributed by atoms with E-state index in [4.69, 9.17) is 9.84 Å². The molecule has 1 aromatic carbocycles. The van der Waals surface area contributed by atoms with Crippen LogP contribution < -0.4 is 0 Å². The van der Waals surface area contributed by atoms with E-state index in [1.807, 2.05) is 12.1 Å². The smallest absolute Gasteiger partial charge is 0.309 e. The van der Waals surface area contributed by atoms with Crippen molar-refractivity contribution in [3.8, 4) is 5.75 Å². The monoisotopic (exact) mass is 432 g/mol. The number of carbonyl (C=O) groups excluding carboxylic acids is 1. The number of carboxylic acids is 1. The second-order valence-corrected chi connectivity index (χ2v) is 9.88. The Bertz CT molecular complexity index is 706. The average molecular weight is 433 g/mol. The maximum Gasteiger partial charge on any atom is 0.309 e. The third-order valence-corrected chi connectivity index (χ3v) is 6.67. The highest BCUT2D eigenvalue weighted by Crippen LogP contribution is 2.43. The molecule has 31 heavy (non-hydrogen) atoms. The summed E-state index contributed by atoms with van der Waals surface area (Å²) in [6.45, 7) is 4.16. The zero-order valence-electron chi connectivity index (χ0n) is 19.3. The number of carboxylic acid groups (broad SMARTS) is 1. The van der Waals surface area contributed by atoms with Crippen LogP contribution in [-0.4, -0.2) is 28.3 Å². The number of rotatable bonds is 17. The molecule has 2 N–H and O–H groups in total. The van der Waals surface area contributed by atoms with Crippen molar-refractivity contribution in [3.63, 3.8) is 0 Å². The highest BCUT2D eigenvalue weighted by atomic mass is 16.5. The van der Waals surface area contributed by atoms with Gasteiger partial charge in [0.05, 0.1) is 5.41 Å². The average Bonchev–Trinajstić information content (AvgIpc) is 3.48. The minimum absolute atomic E-state index is 0.125. The first-order valence-corrected chi connectivity index (χ1v) is 11.9. The second kappa shape index (κ2) is 12.1. The molecule has 1 aromatic rings. The number of phenols is 1. The van der Waals surface area contributed by atoms with Gasteiger partial charge in [-0.2, -0.15) is 0 Å². The molecule has 0 atom stereocenters. The highest BCUT2D eigenvalue weighted by molar-refractivity contribution is 5.73. The quantitative estimate of drug-likeness (QED) is 0.226. The van der Waals surface area contributed by atoms with E-state index in [0.29, 0.717) is 18.6 Å². The lowest BCUT2D eigenvalue weighted by atomic mass is 9.87. The number of phenolic OH excluding ortho intramolecular Hbond substituents is 1. The molecular formula is C26H40O5. The molecule has 0 radical (unpaired) electrons. The van der Waals surface area contributed by atoms with Crippen LogP contribution in [0, 0.1) is 5.41 Å². The van der Waals surface area contributed by atoms with Crippen molar-refractivity contribution in [1.29, 1.82) is 0 Å². The number of aryl methyl sites for hydroxylation is 2. The Kier molecular flexibility index (Phi) is 9.86. The Morgan fingerprint density at radius 3 is 2.32 bits per heavy atom. The predicted octanol–water partition coefficient (Wildman–Crippen LogP) is 6.19. The molecule has 1 fully saturated rings. The topological polar surface area (TPSA) is 83.8 Å². The van der Waals surface area contributed by atoms with E-state index < -0.39 is 11.4 Å². The maximum atomic E-state index is 11.1. The summed E-state index contributed by atoms with van der Waals surface area (Å²) in [7, 11) is 0. The van der Waals surface area contributed by atoms with Gasteiger partial charge in [0.25, 0.3) is 6.47 Å². The Morgan fingerprint density at radius 2 is 1.68 bits per heavy atom. The van der Waals surface area contributed by atoms with Gasteiger partial charge >= 0.3 is 5.97 Å². The molecule has 0 bridgehead atoms. The minimum atomic E-state index is -0.729. The number of unbranched alkanes of at least 4 members (excludes halogenated alkanes) is 6. The van der Waals surface area contributed by atoms with Crippen LogP contribution in [0.5, 0.6) is 5.75 Å². The van der Waals surface area contributed by atoms with Crippen LogP contribution in [0.1, 0.15) is 102 Å². The molecule has 5 heteroatoms. The van der Waals surface area contributed by atoms with Gasteiger partial charge in [-0.1, -0.05) is 44.2 Å². The third-order valence-electron chi connectivity index (χ3n) is 6.67. The van der Waals surface area contributed by atoms with Crippen molar-refractivity contribution in [2.75, 3.05) is 0 Å². The van der Waals surface area contributed by atoms with Crippen LogP contribution in [0.15, 0.2) is 18.2 Å². The number of hydrogen-bond acceptors (Lipinski definition) is 4. The van der Waals surface area contributed by atoms with Gasteiger partial charge in [0.2, 0.25) is 0 Å². The fourth-order valence-corrected chi connectivity index (χ4v) is 4.14. The molecule has 5 nitrogen and oxygen atoms in total. The van der Waals surface area contributed by atoms with Crippen LogP contribution >= 0.6 is 0 Å². The first kappa shape index (κ1) is 25.2. The first-order chi connectivity index (χ1) is 14.8. The third kappa shape index (κ3) is 8.92. The van der Waals surface area contributed by atoms with Gasteiger partial charge in [-0.15, -0.1) is 0 Å². The zero-order valence-corrected chi connectivity index (χ0v) is 19.3. The van der Waals surface area contributed by atoms with Gasteiger partial charge in [0.1, 0.15) is 11.4 Å². The van der Waals surface area contributed by atoms with Gasteiger partial charge in [-0.05, 0) is 88.8 Å². The van der Waals surface area contributed by atoms with Crippen molar-refractivity contribution < 1.29 is 24.5 Å². The standard InChI is InChI=1S/C26H40O5/c1-25(2,24(29)30)15-9-5-4-8-12-22-19-21(13-14-23(22)28)11-7-3-6-10-16-26(17-18-26)31-20-27/h13-14,19-20,28H,3-12,15-18H2,1-2H3,(H,29,30). The second-order valence-electron chi connectivity index (χ2n) is 9.88. The van der Waals surface area contributed by atoms with Crippen LogP contribution in [0.4, 0.5) is 0 Å². The molecule has 0 aromatic heterocycles. The Labute approximate surface area is 187 Å². The Balaban J connectivity index is 1.60. The maximum absolute atomic E-state index is 11.1. The van der Waals surface area contributed by atoms with Gasteiger partial charge in [-0.25, -0.2) is 0 Å². The molecule has 0 saturated heterocycles. The van der Waals surface area contributed by atoms with Gasteiger partial charge < -0.3 is 14.9 Å². The van der Waals surface area contributed by atoms with E-state index in [1.165, 1.54) is 12.0 Å². The normalized spacial score (nSPS) is 14.9. The molecule has 174 valence electrons. The lowest BCUT2D eigenvalue weighted by molar-refractivity contribution is -0.147. The SMILES string of the molecule is CC(C)(CCCCCCc1cc(CCCCCCC2(OC=O)CC2)ccc1O)C(=O)O. The van der Waals surface area contributed by atoms with Crippen molar-refractivity contribution in [1.82, 2.24) is 0 Å². The predicted molar refractivity (Wildman–Crippen MR) is 122 cm³/mol. The van der Waals surface area contributed by atoms with Gasteiger partial charge in [0, 0.05) is 0 Å². The summed E-state index contributed by atoms with van der Waals surface area (Å²) in [4.78, 5) is 21.7. The summed E-state index contributed by atoms with van der Waals surface area (Å²) < 4.78 is 5.19. The molecule has 1 saturated carbocycles. The summed E-state index contributed by atoms with van der Waals surface area (Å²) in [5.74, 6) is -0.353. The molecule has 0 amide bonds. The summed E-state index contributed by atoms with van der Waals surface area (Å²) in [5, 5.41) is 19.3. The summed E-state index contributed by atoms with van der Waals surface area (Å²) in [6.07, 6.45) is 14.2. The van der Waals surface area contributed by atoms with Crippen molar-refractivity contribution in [2.24, 2.45) is 5.41 Å². The first-order valence-electron chi connectivity index (χ1n) is 11.9. The van der Waals surface area contributed by atoms with Crippen molar-refractivity contribution >= 4 is 12.4 Å². The summed E-state index contributed by atoms with van der Waals surface area (Å²) >= 11 is 0. The summed E-state index contributed by atoms with van der Waals surface area (Å²) in [5.41, 5.74) is 1.53. The Hall–Kier alpha value is -2.04. The number of aliphatic carboxylic acids is 1. The number of aromatic hydroxyl groups is 1. The molecule has 0 aliphatic heterocycles. The fraction of sp³-hybridized carbons (Fsp3) is 0.692. The van der Waals surface area contributed by atoms with E-state index in [-0.39, 0.29) is 5.60 Å². The van der Waals surface area contributed by atoms with E-state index in [9.17, 15) is 14.7 Å². The van der Waals surface area contributed by atoms with E-state index >= 15 is 0 Å². The molecule has 2 rings (SSSR count). The number of hydrogen-bond donors (Lipinski definition) is 2. The fourth-order valence-electron chi connectivity index (χ4n) is 4.14. The molecule has 0 spiro atoms. The van der Waals surface area contributed by atoms with E-state index in [2.05, 4.69) is 6.07 Å². The molecular weight excluding hydrogens is 392 g/mol. The lowest BCUT2D eigenvalue weighted by Crippen LogP contribution is -2.23. The Morgan fingerprint density at radius 1 is 1.03 bits per heavy atom. The van der Waals surface area contributed by atoms with Crippen LogP contribution in [0.2, 0.25) is 0 Å². The number of benzene rings is 1. The molecule has 0 unspecified atom stereocenters. The van der Waals surface area contributed by atoms with Crippen molar-refractivity contribution in [3.05, 3.63) is 29.3 Å². The van der Waals surface area contributed by atoms with Crippen LogP contribution in [0.3, 0.4) is 0 Å². The van der Waals surface area contributed by atoms with Crippen molar-refractivity contribution in [2.45, 2.75) is 109 Å². The van der Waals surface area contributed by atoms with Crippen LogP contribution in [-0.2, 0) is 27.2 Å². The molecule has 1 aliphatic rings. The van der Waals surface area contributed by atoms with Gasteiger partial charge in [-0.3, -0.25) is 9.59 Å². The molecule has 1 aliphatic carbocycles. The minimum Gasteiger partial charge on any atom is -0.508 e. The molecule has 0 heterocycles. The highest BCUT2D eigenvalue weighted by Gasteiger charge is 2.44. The lowest BCUT2D eigenvalue weighted by Gasteiger charge is -2.18. The number of carbonyl (C=O) groups is 2. The van der Waals surface area contributed by atoms with Crippen LogP contribution in [0.25, 0.3) is 0 Å². The number of ether oxygens (including phenoxy) is 1. The zero-order chi connectivity index (χ0) is 22.7. The van der Waals surface area contributed by atoms with Gasteiger partial charge in [0.15, 0.2) is 0 Å². The van der Waals surface area contributed by atoms with E-state index in [1.54, 1.807) is 13.8 Å².